The highest BCUT2D eigenvalue weighted by atomic mass is 35.5. The van der Waals surface area contributed by atoms with Gasteiger partial charge in [0.25, 0.3) is 6.29 Å². The lowest BCUT2D eigenvalue weighted by Gasteiger charge is -2.33. The Morgan fingerprint density at radius 1 is 1.30 bits per heavy atom. The molecule has 1 amide bonds. The smallest absolute Gasteiger partial charge is 0.410 e. The molecule has 27 heavy (non-hydrogen) atoms. The third-order valence-corrected chi connectivity index (χ3v) is 5.48. The van der Waals surface area contributed by atoms with Crippen molar-refractivity contribution in [2.75, 3.05) is 7.11 Å². The first kappa shape index (κ1) is 19.6. The van der Waals surface area contributed by atoms with Gasteiger partial charge in [0, 0.05) is 12.5 Å². The molecule has 8 heteroatoms. The molecule has 144 valence electrons. The van der Waals surface area contributed by atoms with Crippen LogP contribution in [0.15, 0.2) is 41.7 Å². The molecule has 3 unspecified atom stereocenters. The van der Waals surface area contributed by atoms with E-state index in [0.717, 1.165) is 11.1 Å². The molecule has 0 saturated carbocycles. The second-order valence-corrected chi connectivity index (χ2v) is 7.21. The Balaban J connectivity index is 1.63. The van der Waals surface area contributed by atoms with Gasteiger partial charge in [-0.1, -0.05) is 40.9 Å². The minimum absolute atomic E-state index is 0.126. The van der Waals surface area contributed by atoms with Gasteiger partial charge in [-0.15, -0.1) is 0 Å². The fraction of sp³-hybridized carbons (Fsp3) is 0.368. The van der Waals surface area contributed by atoms with E-state index in [1.807, 2.05) is 13.0 Å². The number of methoxy groups -OCH3 is 1. The van der Waals surface area contributed by atoms with Gasteiger partial charge in [0.2, 0.25) is 0 Å². The molecule has 1 aliphatic heterocycles. The van der Waals surface area contributed by atoms with Crippen molar-refractivity contribution in [2.24, 2.45) is 11.8 Å². The molecule has 6 nitrogen and oxygen atoms in total. The summed E-state index contributed by atoms with van der Waals surface area (Å²) in [6, 6.07) is 5.09. The summed E-state index contributed by atoms with van der Waals surface area (Å²) in [6.07, 6.45) is 2.59. The van der Waals surface area contributed by atoms with E-state index in [1.165, 1.54) is 13.4 Å². The van der Waals surface area contributed by atoms with Crippen LogP contribution in [0.25, 0.3) is 0 Å². The molecule has 1 aromatic rings. The Hall–Kier alpha value is -2.18. The third-order valence-electron chi connectivity index (χ3n) is 4.74. The van der Waals surface area contributed by atoms with Crippen LogP contribution in [0.2, 0.25) is 10.0 Å². The van der Waals surface area contributed by atoms with Crippen molar-refractivity contribution in [1.82, 2.24) is 5.32 Å². The number of amides is 1. The van der Waals surface area contributed by atoms with E-state index < -0.39 is 18.4 Å². The quantitative estimate of drug-likeness (QED) is 0.592. The lowest BCUT2D eigenvalue weighted by atomic mass is 9.84. The van der Waals surface area contributed by atoms with Crippen molar-refractivity contribution >= 4 is 35.3 Å². The van der Waals surface area contributed by atoms with Gasteiger partial charge in [-0.2, -0.15) is 0 Å². The van der Waals surface area contributed by atoms with Crippen LogP contribution < -0.4 is 5.32 Å². The Bertz CT molecular complexity index is 820. The standard InChI is InChI=1S/C19H19Cl2NO5/c1-10-3-5-12-13(17(23)25-2)9-26-18(16(10)12)27-19(24)22-8-11-4-6-14(20)15(21)7-11/h3-4,6-7,9,12,16,18H,5,8H2,1-2H3,(H,22,24). The molecule has 0 radical (unpaired) electrons. The Labute approximate surface area is 167 Å². The topological polar surface area (TPSA) is 73.9 Å². The molecular formula is C19H19Cl2NO5. The monoisotopic (exact) mass is 411 g/mol. The number of carbonyl (C=O) groups excluding carboxylic acids is 2. The minimum atomic E-state index is -0.809. The average molecular weight is 412 g/mol. The SMILES string of the molecule is COC(=O)C1=COC(OC(=O)NCc2ccc(Cl)c(Cl)c2)C2C(C)=CCC12. The van der Waals surface area contributed by atoms with Gasteiger partial charge in [-0.3, -0.25) is 0 Å². The summed E-state index contributed by atoms with van der Waals surface area (Å²) in [7, 11) is 1.33. The molecule has 0 bridgehead atoms. The fourth-order valence-corrected chi connectivity index (χ4v) is 3.66. The van der Waals surface area contributed by atoms with Crippen LogP contribution in [-0.4, -0.2) is 25.5 Å². The van der Waals surface area contributed by atoms with Crippen molar-refractivity contribution in [3.63, 3.8) is 0 Å². The van der Waals surface area contributed by atoms with Crippen LogP contribution in [0.5, 0.6) is 0 Å². The molecule has 1 N–H and O–H groups in total. The molecule has 0 fully saturated rings. The number of halogens is 2. The number of ether oxygens (including phenoxy) is 3. The van der Waals surface area contributed by atoms with Crippen molar-refractivity contribution in [3.05, 3.63) is 57.3 Å². The lowest BCUT2D eigenvalue weighted by molar-refractivity contribution is -0.141. The summed E-state index contributed by atoms with van der Waals surface area (Å²) in [5, 5.41) is 3.52. The Kier molecular flexibility index (Phi) is 5.97. The maximum Gasteiger partial charge on any atom is 0.410 e. The third kappa shape index (κ3) is 4.22. The van der Waals surface area contributed by atoms with Gasteiger partial charge in [0.1, 0.15) is 0 Å². The predicted molar refractivity (Wildman–Crippen MR) is 100 cm³/mol. The zero-order chi connectivity index (χ0) is 19.6. The summed E-state index contributed by atoms with van der Waals surface area (Å²) < 4.78 is 15.8. The Morgan fingerprint density at radius 2 is 2.07 bits per heavy atom. The van der Waals surface area contributed by atoms with Gasteiger partial charge in [0.15, 0.2) is 0 Å². The van der Waals surface area contributed by atoms with Crippen molar-refractivity contribution < 1.29 is 23.8 Å². The normalized spacial score (nSPS) is 23.5. The maximum absolute atomic E-state index is 12.2. The summed E-state index contributed by atoms with van der Waals surface area (Å²) in [5.41, 5.74) is 2.25. The van der Waals surface area contributed by atoms with Gasteiger partial charge in [-0.25, -0.2) is 9.59 Å². The average Bonchev–Trinajstić information content (AvgIpc) is 3.04. The molecule has 1 aliphatic carbocycles. The number of hydrogen-bond donors (Lipinski definition) is 1. The largest absolute Gasteiger partial charge is 0.466 e. The molecule has 3 rings (SSSR count). The van der Waals surface area contributed by atoms with E-state index in [1.54, 1.807) is 18.2 Å². The number of benzene rings is 1. The molecular weight excluding hydrogens is 393 g/mol. The lowest BCUT2D eigenvalue weighted by Crippen LogP contribution is -2.40. The van der Waals surface area contributed by atoms with Crippen LogP contribution in [0, 0.1) is 11.8 Å². The van der Waals surface area contributed by atoms with E-state index in [4.69, 9.17) is 37.4 Å². The zero-order valence-electron chi connectivity index (χ0n) is 14.8. The first-order chi connectivity index (χ1) is 12.9. The number of rotatable bonds is 4. The highest BCUT2D eigenvalue weighted by molar-refractivity contribution is 6.42. The fourth-order valence-electron chi connectivity index (χ4n) is 3.34. The maximum atomic E-state index is 12.2. The van der Waals surface area contributed by atoms with E-state index >= 15 is 0 Å². The van der Waals surface area contributed by atoms with E-state index in [9.17, 15) is 9.59 Å². The van der Waals surface area contributed by atoms with Gasteiger partial charge >= 0.3 is 12.1 Å². The summed E-state index contributed by atoms with van der Waals surface area (Å²) >= 11 is 11.8. The van der Waals surface area contributed by atoms with Crippen LogP contribution in [-0.2, 0) is 25.5 Å². The van der Waals surface area contributed by atoms with Crippen molar-refractivity contribution in [2.45, 2.75) is 26.2 Å². The highest BCUT2D eigenvalue weighted by Crippen LogP contribution is 2.43. The highest BCUT2D eigenvalue weighted by Gasteiger charge is 2.44. The molecule has 0 saturated heterocycles. The molecule has 0 spiro atoms. The number of allylic oxidation sites excluding steroid dienone is 1. The number of carbonyl (C=O) groups is 2. The number of esters is 1. The molecule has 2 aliphatic rings. The molecule has 1 heterocycles. The minimum Gasteiger partial charge on any atom is -0.466 e. The molecule has 3 atom stereocenters. The first-order valence-corrected chi connectivity index (χ1v) is 9.15. The number of alkyl carbamates (subject to hydrolysis) is 1. The summed E-state index contributed by atoms with van der Waals surface area (Å²) in [4.78, 5) is 24.1. The Morgan fingerprint density at radius 3 is 2.78 bits per heavy atom. The molecule has 1 aromatic carbocycles. The number of nitrogens with one attached hydrogen (secondary N) is 1. The van der Waals surface area contributed by atoms with Gasteiger partial charge in [0.05, 0.1) is 34.9 Å². The second-order valence-electron chi connectivity index (χ2n) is 6.39. The van der Waals surface area contributed by atoms with E-state index in [-0.39, 0.29) is 18.4 Å². The summed E-state index contributed by atoms with van der Waals surface area (Å²) in [5.74, 6) is -0.783. The van der Waals surface area contributed by atoms with Gasteiger partial charge in [-0.05, 0) is 31.0 Å². The van der Waals surface area contributed by atoms with Crippen LogP contribution in [0.4, 0.5) is 4.79 Å². The first-order valence-electron chi connectivity index (χ1n) is 8.39. The second kappa shape index (κ2) is 8.23. The van der Waals surface area contributed by atoms with Crippen molar-refractivity contribution in [3.8, 4) is 0 Å². The number of hydrogen-bond acceptors (Lipinski definition) is 5. The zero-order valence-corrected chi connectivity index (χ0v) is 16.3. The summed E-state index contributed by atoms with van der Waals surface area (Å²) in [6.45, 7) is 2.16. The van der Waals surface area contributed by atoms with E-state index in [0.29, 0.717) is 22.0 Å². The number of fused-ring (bicyclic) bond motifs is 1. The molecule has 0 aromatic heterocycles. The van der Waals surface area contributed by atoms with Crippen LogP contribution in [0.3, 0.4) is 0 Å². The van der Waals surface area contributed by atoms with Gasteiger partial charge < -0.3 is 19.5 Å². The predicted octanol–water partition coefficient (Wildman–Crippen LogP) is 4.22. The van der Waals surface area contributed by atoms with Crippen molar-refractivity contribution in [1.29, 1.82) is 0 Å². The van der Waals surface area contributed by atoms with Crippen LogP contribution in [0.1, 0.15) is 18.9 Å². The van der Waals surface area contributed by atoms with E-state index in [2.05, 4.69) is 5.32 Å². The van der Waals surface area contributed by atoms with Crippen LogP contribution >= 0.6 is 23.2 Å².